The van der Waals surface area contributed by atoms with Crippen LogP contribution in [0.15, 0.2) is 146 Å². The maximum atomic E-state index is 6.57. The molecular formula is C55H51N3O3+2. The molecule has 2 aromatic heterocycles. The SMILES string of the molecule is CCCCc1cccc2c3[n+](ccc12)C(CC)C(CC)(C1c2ccc(N4c5ccc(OC)cc5Oc5cc(OC)ccc54)cc2-c2c4ccccc4cc[n+]21)c1ccccc1-3. The number of aryl methyl sites for hydroxylation is 1. The van der Waals surface area contributed by atoms with E-state index in [1.807, 2.05) is 24.3 Å². The number of nitrogens with zero attached hydrogens (tertiary/aromatic N) is 3. The van der Waals surface area contributed by atoms with Gasteiger partial charge >= 0.3 is 0 Å². The van der Waals surface area contributed by atoms with Gasteiger partial charge in [-0.05, 0) is 102 Å². The molecule has 0 saturated heterocycles. The van der Waals surface area contributed by atoms with Crippen LogP contribution < -0.4 is 28.2 Å². The predicted molar refractivity (Wildman–Crippen MR) is 245 cm³/mol. The highest BCUT2D eigenvalue weighted by Gasteiger charge is 2.62. The van der Waals surface area contributed by atoms with Gasteiger partial charge in [-0.15, -0.1) is 0 Å². The van der Waals surface area contributed by atoms with E-state index in [0.717, 1.165) is 59.3 Å². The van der Waals surface area contributed by atoms with Gasteiger partial charge in [-0.25, -0.2) is 0 Å². The van der Waals surface area contributed by atoms with Crippen LogP contribution in [0.25, 0.3) is 44.1 Å². The Morgan fingerprint density at radius 3 is 2.08 bits per heavy atom. The second kappa shape index (κ2) is 14.5. The molecule has 3 aliphatic heterocycles. The van der Waals surface area contributed by atoms with Crippen molar-refractivity contribution in [3.05, 3.63) is 163 Å². The van der Waals surface area contributed by atoms with E-state index in [-0.39, 0.29) is 17.5 Å². The molecule has 0 N–H and O–H groups in total. The molecular weight excluding hydrogens is 751 g/mol. The Morgan fingerprint density at radius 1 is 0.639 bits per heavy atom. The summed E-state index contributed by atoms with van der Waals surface area (Å²) < 4.78 is 23.2. The average molecular weight is 802 g/mol. The van der Waals surface area contributed by atoms with Crippen LogP contribution in [0.3, 0.4) is 0 Å². The molecule has 0 saturated carbocycles. The van der Waals surface area contributed by atoms with Crippen molar-refractivity contribution in [1.29, 1.82) is 0 Å². The van der Waals surface area contributed by atoms with Crippen LogP contribution in [-0.2, 0) is 11.8 Å². The van der Waals surface area contributed by atoms with Crippen molar-refractivity contribution < 1.29 is 23.3 Å². The summed E-state index contributed by atoms with van der Waals surface area (Å²) in [6, 6.07) is 49.4. The summed E-state index contributed by atoms with van der Waals surface area (Å²) in [5.74, 6) is 2.94. The van der Waals surface area contributed by atoms with Gasteiger partial charge in [0, 0.05) is 41.9 Å². The number of ether oxygens (including phenoxy) is 3. The Morgan fingerprint density at radius 2 is 1.34 bits per heavy atom. The molecule has 6 heteroatoms. The number of aromatic nitrogens is 2. The Labute approximate surface area is 358 Å². The molecule has 0 amide bonds. The Balaban J connectivity index is 1.16. The van der Waals surface area contributed by atoms with Gasteiger partial charge in [0.05, 0.1) is 47.5 Å². The first-order valence-electron chi connectivity index (χ1n) is 22.0. The van der Waals surface area contributed by atoms with E-state index in [9.17, 15) is 0 Å². The molecule has 3 unspecified atom stereocenters. The maximum Gasteiger partial charge on any atom is 0.221 e. The molecule has 5 heterocycles. The van der Waals surface area contributed by atoms with Crippen molar-refractivity contribution in [2.45, 2.75) is 70.4 Å². The molecule has 0 fully saturated rings. The maximum absolute atomic E-state index is 6.57. The number of methoxy groups -OCH3 is 2. The van der Waals surface area contributed by atoms with Crippen molar-refractivity contribution in [2.75, 3.05) is 19.1 Å². The number of fused-ring (bicyclic) bond motifs is 12. The second-order valence-electron chi connectivity index (χ2n) is 16.9. The number of hydrogen-bond donors (Lipinski definition) is 0. The molecule has 302 valence electrons. The lowest BCUT2D eigenvalue weighted by molar-refractivity contribution is -0.757. The van der Waals surface area contributed by atoms with E-state index in [0.29, 0.717) is 0 Å². The number of rotatable bonds is 9. The topological polar surface area (TPSA) is 38.7 Å². The van der Waals surface area contributed by atoms with Crippen LogP contribution in [0, 0.1) is 0 Å². The van der Waals surface area contributed by atoms with E-state index in [2.05, 4.69) is 156 Å². The zero-order valence-corrected chi connectivity index (χ0v) is 35.6. The molecule has 6 aromatic carbocycles. The number of anilines is 3. The van der Waals surface area contributed by atoms with Gasteiger partial charge < -0.3 is 19.1 Å². The van der Waals surface area contributed by atoms with Gasteiger partial charge in [0.15, 0.2) is 29.9 Å². The van der Waals surface area contributed by atoms with Crippen LogP contribution in [0.5, 0.6) is 23.0 Å². The molecule has 61 heavy (non-hydrogen) atoms. The smallest absolute Gasteiger partial charge is 0.221 e. The summed E-state index contributed by atoms with van der Waals surface area (Å²) in [6.07, 6.45) is 10.2. The van der Waals surface area contributed by atoms with Crippen molar-refractivity contribution in [3.63, 3.8) is 0 Å². The molecule has 0 radical (unpaired) electrons. The summed E-state index contributed by atoms with van der Waals surface area (Å²) in [5, 5.41) is 5.22. The lowest BCUT2D eigenvalue weighted by Gasteiger charge is -2.43. The first-order valence-corrected chi connectivity index (χ1v) is 22.0. The normalized spacial score (nSPS) is 18.1. The van der Waals surface area contributed by atoms with Gasteiger partial charge in [0.2, 0.25) is 17.4 Å². The Kier molecular flexibility index (Phi) is 8.89. The fourth-order valence-electron chi connectivity index (χ4n) is 11.4. The highest BCUT2D eigenvalue weighted by Crippen LogP contribution is 2.59. The highest BCUT2D eigenvalue weighted by molar-refractivity contribution is 5.98. The average Bonchev–Trinajstić information content (AvgIpc) is 3.65. The Bertz CT molecular complexity index is 2990. The van der Waals surface area contributed by atoms with Gasteiger partial charge in [0.25, 0.3) is 0 Å². The zero-order chi connectivity index (χ0) is 41.4. The molecule has 0 spiro atoms. The first kappa shape index (κ1) is 37.3. The summed E-state index contributed by atoms with van der Waals surface area (Å²) >= 11 is 0. The fourth-order valence-corrected chi connectivity index (χ4v) is 11.4. The Hall–Kier alpha value is -6.66. The second-order valence-corrected chi connectivity index (χ2v) is 16.9. The zero-order valence-electron chi connectivity index (χ0n) is 35.6. The van der Waals surface area contributed by atoms with Gasteiger partial charge in [-0.1, -0.05) is 75.7 Å². The molecule has 11 rings (SSSR count). The number of unbranched alkanes of at least 4 members (excludes halogenated alkanes) is 1. The van der Waals surface area contributed by atoms with Gasteiger partial charge in [-0.2, -0.15) is 9.13 Å². The summed E-state index contributed by atoms with van der Waals surface area (Å²) in [7, 11) is 3.38. The van der Waals surface area contributed by atoms with Crippen molar-refractivity contribution in [1.82, 2.24) is 0 Å². The van der Waals surface area contributed by atoms with Crippen LogP contribution in [0.1, 0.15) is 75.2 Å². The minimum absolute atomic E-state index is 0.0253. The van der Waals surface area contributed by atoms with E-state index < -0.39 is 0 Å². The number of pyridine rings is 2. The number of hydrogen-bond acceptors (Lipinski definition) is 4. The quantitative estimate of drug-likeness (QED) is 0.136. The van der Waals surface area contributed by atoms with E-state index in [1.165, 1.54) is 73.6 Å². The van der Waals surface area contributed by atoms with E-state index in [1.54, 1.807) is 14.2 Å². The first-order chi connectivity index (χ1) is 30.0. The standard InChI is InChI=1S/C55H51N3O3/c1-6-9-15-35-17-14-20-42-40(35)29-31-56-51(7-2)55(8-3,46-21-13-12-19-44(46)53(42)56)54-43-25-22-37(32-45(43)52-41-18-11-10-16-36(41)28-30-57(52)54)58-47-26-23-38(59-4)33-49(47)61-50-34-39(60-5)24-27-48(50)58/h10-14,16-34,51,54H,6-9,15H2,1-5H3/q+2. The van der Waals surface area contributed by atoms with Crippen LogP contribution >= 0.6 is 0 Å². The van der Waals surface area contributed by atoms with Crippen molar-refractivity contribution in [3.8, 4) is 45.5 Å². The third kappa shape index (κ3) is 5.40. The van der Waals surface area contributed by atoms with Gasteiger partial charge in [-0.3, -0.25) is 0 Å². The lowest BCUT2D eigenvalue weighted by Crippen LogP contribution is -2.62. The molecule has 0 aliphatic carbocycles. The monoisotopic (exact) mass is 801 g/mol. The van der Waals surface area contributed by atoms with Crippen LogP contribution in [-0.4, -0.2) is 14.2 Å². The third-order valence-electron chi connectivity index (χ3n) is 14.0. The molecule has 0 bridgehead atoms. The third-order valence-corrected chi connectivity index (χ3v) is 14.0. The van der Waals surface area contributed by atoms with E-state index in [4.69, 9.17) is 14.2 Å². The summed E-state index contributed by atoms with van der Waals surface area (Å²) in [4.78, 5) is 2.32. The molecule has 3 atom stereocenters. The van der Waals surface area contributed by atoms with E-state index >= 15 is 0 Å². The molecule has 3 aliphatic rings. The summed E-state index contributed by atoms with van der Waals surface area (Å²) in [5.41, 5.74) is 12.1. The minimum atomic E-state index is -0.281. The van der Waals surface area contributed by atoms with Crippen molar-refractivity contribution in [2.24, 2.45) is 0 Å². The van der Waals surface area contributed by atoms with Crippen molar-refractivity contribution >= 4 is 38.6 Å². The molecule has 6 nitrogen and oxygen atoms in total. The van der Waals surface area contributed by atoms with Crippen LogP contribution in [0.4, 0.5) is 17.1 Å². The molecule has 8 aromatic rings. The fraction of sp³-hybridized carbons (Fsp3) is 0.236. The highest BCUT2D eigenvalue weighted by atomic mass is 16.5. The predicted octanol–water partition coefficient (Wildman–Crippen LogP) is 13.1. The van der Waals surface area contributed by atoms with Gasteiger partial charge in [0.1, 0.15) is 16.9 Å². The van der Waals surface area contributed by atoms with Crippen LogP contribution in [0.2, 0.25) is 0 Å². The number of benzene rings is 6. The largest absolute Gasteiger partial charge is 0.497 e. The minimum Gasteiger partial charge on any atom is -0.497 e. The summed E-state index contributed by atoms with van der Waals surface area (Å²) in [6.45, 7) is 7.10. The lowest BCUT2D eigenvalue weighted by atomic mass is 9.61.